The second kappa shape index (κ2) is 6.78. The van der Waals surface area contributed by atoms with Crippen LogP contribution in [0, 0.1) is 0 Å². The Hall–Kier alpha value is -2.25. The first-order valence-corrected chi connectivity index (χ1v) is 5.37. The number of carbonyl (C=O) groups excluding carboxylic acids is 1. The Morgan fingerprint density at radius 1 is 1.40 bits per heavy atom. The van der Waals surface area contributed by atoms with Gasteiger partial charge >= 0.3 is 12.1 Å². The van der Waals surface area contributed by atoms with Crippen LogP contribution in [0.4, 0.5) is 13.2 Å². The van der Waals surface area contributed by atoms with E-state index in [0.29, 0.717) is 0 Å². The fourth-order valence-electron chi connectivity index (χ4n) is 1.29. The third kappa shape index (κ3) is 4.45. The molecule has 0 heterocycles. The number of hydrogen-bond acceptors (Lipinski definition) is 4. The fourth-order valence-corrected chi connectivity index (χ4v) is 1.29. The number of azide groups is 1. The van der Waals surface area contributed by atoms with Crippen LogP contribution in [-0.2, 0) is 4.74 Å². The summed E-state index contributed by atoms with van der Waals surface area (Å²) in [4.78, 5) is 13.7. The maximum Gasteiger partial charge on any atom is 0.414 e. The number of benzene rings is 1. The third-order valence-corrected chi connectivity index (χ3v) is 2.29. The lowest BCUT2D eigenvalue weighted by atomic mass is 10.2. The SMILES string of the molecule is [N-]=[N+]=N[C@H](COC(=O)c1ccccc1)[C@@H](O)C(F)(F)F. The van der Waals surface area contributed by atoms with Gasteiger partial charge in [-0.25, -0.2) is 4.79 Å². The second-order valence-corrected chi connectivity index (χ2v) is 3.72. The molecule has 0 bridgehead atoms. The number of aliphatic hydroxyl groups is 1. The molecule has 0 radical (unpaired) electrons. The number of rotatable bonds is 5. The van der Waals surface area contributed by atoms with Crippen molar-refractivity contribution < 1.29 is 27.8 Å². The molecular formula is C11H10F3N3O3. The molecule has 0 saturated heterocycles. The molecule has 20 heavy (non-hydrogen) atoms. The van der Waals surface area contributed by atoms with Gasteiger partial charge in [-0.15, -0.1) is 0 Å². The monoisotopic (exact) mass is 289 g/mol. The highest BCUT2D eigenvalue weighted by Gasteiger charge is 2.43. The van der Waals surface area contributed by atoms with Gasteiger partial charge in [0.1, 0.15) is 12.6 Å². The van der Waals surface area contributed by atoms with E-state index in [0.717, 1.165) is 0 Å². The summed E-state index contributed by atoms with van der Waals surface area (Å²) in [6.07, 6.45) is -7.88. The molecule has 6 nitrogen and oxygen atoms in total. The molecule has 9 heteroatoms. The molecule has 1 aromatic carbocycles. The quantitative estimate of drug-likeness (QED) is 0.390. The number of hydrogen-bond donors (Lipinski definition) is 1. The van der Waals surface area contributed by atoms with Crippen molar-refractivity contribution >= 4 is 5.97 Å². The Morgan fingerprint density at radius 2 is 2.00 bits per heavy atom. The van der Waals surface area contributed by atoms with Crippen LogP contribution in [0.15, 0.2) is 35.4 Å². The summed E-state index contributed by atoms with van der Waals surface area (Å²) in [7, 11) is 0. The molecule has 0 fully saturated rings. The highest BCUT2D eigenvalue weighted by atomic mass is 19.4. The van der Waals surface area contributed by atoms with Crippen molar-refractivity contribution in [2.45, 2.75) is 18.3 Å². The minimum Gasteiger partial charge on any atom is -0.462 e. The highest BCUT2D eigenvalue weighted by Crippen LogP contribution is 2.24. The average molecular weight is 289 g/mol. The number of ether oxygens (including phenoxy) is 1. The highest BCUT2D eigenvalue weighted by molar-refractivity contribution is 5.89. The van der Waals surface area contributed by atoms with Gasteiger partial charge < -0.3 is 9.84 Å². The molecule has 1 aromatic rings. The van der Waals surface area contributed by atoms with Gasteiger partial charge in [-0.3, -0.25) is 0 Å². The van der Waals surface area contributed by atoms with E-state index in [4.69, 9.17) is 10.6 Å². The van der Waals surface area contributed by atoms with E-state index in [2.05, 4.69) is 14.8 Å². The van der Waals surface area contributed by atoms with Crippen molar-refractivity contribution in [3.8, 4) is 0 Å². The number of halogens is 3. The van der Waals surface area contributed by atoms with Crippen LogP contribution < -0.4 is 0 Å². The van der Waals surface area contributed by atoms with E-state index in [9.17, 15) is 18.0 Å². The summed E-state index contributed by atoms with van der Waals surface area (Å²) in [6.45, 7) is -0.877. The zero-order chi connectivity index (χ0) is 15.2. The maximum atomic E-state index is 12.3. The van der Waals surface area contributed by atoms with Crippen LogP contribution in [0.2, 0.25) is 0 Å². The summed E-state index contributed by atoms with van der Waals surface area (Å²) < 4.78 is 41.5. The largest absolute Gasteiger partial charge is 0.462 e. The second-order valence-electron chi connectivity index (χ2n) is 3.72. The normalized spacial score (nSPS) is 14.0. The van der Waals surface area contributed by atoms with E-state index in [1.807, 2.05) is 0 Å². The number of aliphatic hydroxyl groups excluding tert-OH is 1. The third-order valence-electron chi connectivity index (χ3n) is 2.29. The zero-order valence-electron chi connectivity index (χ0n) is 9.99. The first-order chi connectivity index (χ1) is 9.36. The van der Waals surface area contributed by atoms with Gasteiger partial charge in [0.05, 0.1) is 5.56 Å². The number of carbonyl (C=O) groups is 1. The minimum absolute atomic E-state index is 0.133. The standard InChI is InChI=1S/C11H10F3N3O3/c12-11(13,14)9(18)8(16-17-15)6-20-10(19)7-4-2-1-3-5-7/h1-5,8-9,18H,6H2/t8-,9-/m1/s1. The molecule has 0 aliphatic heterocycles. The minimum atomic E-state index is -4.97. The van der Waals surface area contributed by atoms with Gasteiger partial charge in [-0.2, -0.15) is 13.2 Å². The summed E-state index contributed by atoms with van der Waals surface area (Å²) >= 11 is 0. The molecular weight excluding hydrogens is 279 g/mol. The molecule has 0 amide bonds. The summed E-state index contributed by atoms with van der Waals surface area (Å²) in [5, 5.41) is 11.8. The molecule has 0 aromatic heterocycles. The van der Waals surface area contributed by atoms with Crippen molar-refractivity contribution in [3.05, 3.63) is 46.3 Å². The van der Waals surface area contributed by atoms with E-state index in [1.54, 1.807) is 18.2 Å². The van der Waals surface area contributed by atoms with Gasteiger partial charge in [0, 0.05) is 4.91 Å². The Morgan fingerprint density at radius 3 is 2.50 bits per heavy atom. The first kappa shape index (κ1) is 15.8. The smallest absolute Gasteiger partial charge is 0.414 e. The van der Waals surface area contributed by atoms with Crippen LogP contribution in [0.3, 0.4) is 0 Å². The molecule has 1 N–H and O–H groups in total. The van der Waals surface area contributed by atoms with Crippen molar-refractivity contribution in [1.82, 2.24) is 0 Å². The van der Waals surface area contributed by atoms with E-state index in [-0.39, 0.29) is 5.56 Å². The topological polar surface area (TPSA) is 95.3 Å². The lowest BCUT2D eigenvalue weighted by Crippen LogP contribution is -2.41. The molecule has 0 aliphatic rings. The first-order valence-electron chi connectivity index (χ1n) is 5.37. The Balaban J connectivity index is 2.69. The van der Waals surface area contributed by atoms with Crippen LogP contribution in [0.25, 0.3) is 10.4 Å². The summed E-state index contributed by atoms with van der Waals surface area (Å²) in [5.41, 5.74) is 8.31. The van der Waals surface area contributed by atoms with Crippen LogP contribution >= 0.6 is 0 Å². The van der Waals surface area contributed by atoms with Gasteiger partial charge in [0.25, 0.3) is 0 Å². The number of nitrogens with zero attached hydrogens (tertiary/aromatic N) is 3. The lowest BCUT2D eigenvalue weighted by Gasteiger charge is -2.20. The molecule has 108 valence electrons. The summed E-state index contributed by atoms with van der Waals surface area (Å²) in [5.74, 6) is -0.877. The number of esters is 1. The van der Waals surface area contributed by atoms with Crippen molar-refractivity contribution in [3.63, 3.8) is 0 Å². The number of alkyl halides is 3. The molecule has 2 atom stereocenters. The van der Waals surface area contributed by atoms with Crippen molar-refractivity contribution in [2.24, 2.45) is 5.11 Å². The predicted octanol–water partition coefficient (Wildman–Crippen LogP) is 2.45. The molecule has 0 unspecified atom stereocenters. The molecule has 0 saturated carbocycles. The summed E-state index contributed by atoms with van der Waals surface area (Å²) in [6, 6.07) is 5.62. The van der Waals surface area contributed by atoms with Crippen molar-refractivity contribution in [2.75, 3.05) is 6.61 Å². The predicted molar refractivity (Wildman–Crippen MR) is 61.7 cm³/mol. The molecule has 0 aliphatic carbocycles. The lowest BCUT2D eigenvalue weighted by molar-refractivity contribution is -0.211. The average Bonchev–Trinajstić information content (AvgIpc) is 2.42. The van der Waals surface area contributed by atoms with Crippen LogP contribution in [0.5, 0.6) is 0 Å². The van der Waals surface area contributed by atoms with Gasteiger partial charge in [-0.1, -0.05) is 23.3 Å². The Labute approximate surface area is 111 Å². The van der Waals surface area contributed by atoms with E-state index >= 15 is 0 Å². The molecule has 0 spiro atoms. The Kier molecular flexibility index (Phi) is 5.36. The Bertz CT molecular complexity index is 501. The maximum absolute atomic E-state index is 12.3. The van der Waals surface area contributed by atoms with Crippen molar-refractivity contribution in [1.29, 1.82) is 0 Å². The van der Waals surface area contributed by atoms with Gasteiger partial charge in [0.2, 0.25) is 0 Å². The fraction of sp³-hybridized carbons (Fsp3) is 0.364. The van der Waals surface area contributed by atoms with Gasteiger partial charge in [-0.05, 0) is 17.7 Å². The van der Waals surface area contributed by atoms with Gasteiger partial charge in [0.15, 0.2) is 6.10 Å². The van der Waals surface area contributed by atoms with Crippen LogP contribution in [0.1, 0.15) is 10.4 Å². The van der Waals surface area contributed by atoms with E-state index in [1.165, 1.54) is 12.1 Å². The zero-order valence-corrected chi connectivity index (χ0v) is 9.99. The van der Waals surface area contributed by atoms with Crippen LogP contribution in [-0.4, -0.2) is 36.0 Å². The van der Waals surface area contributed by atoms with E-state index < -0.39 is 30.9 Å². The molecule has 1 rings (SSSR count).